The smallest absolute Gasteiger partial charge is 0.300 e. The van der Waals surface area contributed by atoms with Gasteiger partial charge in [-0.3, -0.25) is 0 Å². The molecule has 5 heteroatoms. The first-order valence-corrected chi connectivity index (χ1v) is 7.68. The minimum atomic E-state index is -1.76. The zero-order chi connectivity index (χ0) is 11.0. The number of aryl methyl sites for hydroxylation is 1. The van der Waals surface area contributed by atoms with Crippen LogP contribution in [-0.4, -0.2) is 23.1 Å². The van der Waals surface area contributed by atoms with E-state index >= 15 is 0 Å². The van der Waals surface area contributed by atoms with E-state index in [2.05, 4.69) is 43.9 Å². The van der Waals surface area contributed by atoms with Gasteiger partial charge in [-0.25, -0.2) is 4.68 Å². The summed E-state index contributed by atoms with van der Waals surface area (Å²) in [5.74, 6) is 0. The Balaban J connectivity index is 2.84. The number of hydrogen-bond acceptors (Lipinski definition) is 3. The van der Waals surface area contributed by atoms with Crippen molar-refractivity contribution in [3.05, 3.63) is 6.33 Å². The molecule has 0 saturated heterocycles. The van der Waals surface area contributed by atoms with Crippen LogP contribution in [0.5, 0.6) is 6.01 Å². The Labute approximate surface area is 86.4 Å². The molecule has 0 fully saturated rings. The van der Waals surface area contributed by atoms with Crippen LogP contribution in [0.2, 0.25) is 18.1 Å². The van der Waals surface area contributed by atoms with Gasteiger partial charge < -0.3 is 4.43 Å². The van der Waals surface area contributed by atoms with E-state index in [0.29, 0.717) is 6.01 Å². The van der Waals surface area contributed by atoms with Gasteiger partial charge in [0.05, 0.1) is 0 Å². The van der Waals surface area contributed by atoms with Gasteiger partial charge in [0.1, 0.15) is 6.33 Å². The molecule has 1 rings (SSSR count). The van der Waals surface area contributed by atoms with E-state index in [0.717, 1.165) is 0 Å². The van der Waals surface area contributed by atoms with Crippen molar-refractivity contribution in [2.45, 2.75) is 38.9 Å². The topological polar surface area (TPSA) is 39.9 Å². The van der Waals surface area contributed by atoms with Crippen LogP contribution in [0.1, 0.15) is 20.8 Å². The summed E-state index contributed by atoms with van der Waals surface area (Å²) in [5.41, 5.74) is 0. The fourth-order valence-corrected chi connectivity index (χ4v) is 1.71. The first-order chi connectivity index (χ1) is 6.24. The lowest BCUT2D eigenvalue weighted by Gasteiger charge is -2.35. The average molecular weight is 213 g/mol. The molecule has 0 unspecified atom stereocenters. The molecule has 1 aromatic rings. The number of aromatic nitrogens is 3. The molecule has 0 aliphatic rings. The van der Waals surface area contributed by atoms with Gasteiger partial charge in [-0.05, 0) is 18.1 Å². The second-order valence-electron chi connectivity index (χ2n) is 5.03. The normalized spacial score (nSPS) is 13.0. The van der Waals surface area contributed by atoms with E-state index in [1.165, 1.54) is 6.33 Å². The fourth-order valence-electron chi connectivity index (χ4n) is 0.759. The summed E-state index contributed by atoms with van der Waals surface area (Å²) < 4.78 is 7.63. The van der Waals surface area contributed by atoms with Crippen molar-refractivity contribution >= 4 is 8.32 Å². The molecule has 0 radical (unpaired) electrons. The van der Waals surface area contributed by atoms with Crippen LogP contribution in [0.25, 0.3) is 0 Å². The third kappa shape index (κ3) is 2.15. The van der Waals surface area contributed by atoms with Crippen LogP contribution in [0.3, 0.4) is 0 Å². The molecule has 4 nitrogen and oxygen atoms in total. The minimum absolute atomic E-state index is 0.193. The van der Waals surface area contributed by atoms with Crippen LogP contribution in [0.15, 0.2) is 6.33 Å². The second-order valence-corrected chi connectivity index (χ2v) is 9.75. The molecule has 0 spiro atoms. The molecule has 80 valence electrons. The van der Waals surface area contributed by atoms with Gasteiger partial charge in [0, 0.05) is 7.05 Å². The number of hydrogen-bond donors (Lipinski definition) is 0. The second kappa shape index (κ2) is 3.38. The van der Waals surface area contributed by atoms with Crippen molar-refractivity contribution in [3.63, 3.8) is 0 Å². The molecule has 0 N–H and O–H groups in total. The molecule has 0 aliphatic carbocycles. The van der Waals surface area contributed by atoms with E-state index < -0.39 is 8.32 Å². The predicted molar refractivity (Wildman–Crippen MR) is 58.8 cm³/mol. The lowest BCUT2D eigenvalue weighted by Crippen LogP contribution is -2.44. The SMILES string of the molecule is Cn1ncnc1O[Si](C)(C)C(C)(C)C. The zero-order valence-corrected chi connectivity index (χ0v) is 10.8. The van der Waals surface area contributed by atoms with E-state index in [1.807, 2.05) is 7.05 Å². The summed E-state index contributed by atoms with van der Waals surface area (Å²) in [4.78, 5) is 4.08. The maximum atomic E-state index is 5.97. The van der Waals surface area contributed by atoms with Crippen molar-refractivity contribution in [2.24, 2.45) is 7.05 Å². The maximum absolute atomic E-state index is 5.97. The summed E-state index contributed by atoms with van der Waals surface area (Å²) in [7, 11) is 0.0785. The van der Waals surface area contributed by atoms with Crippen LogP contribution in [0.4, 0.5) is 0 Å². The van der Waals surface area contributed by atoms with Gasteiger partial charge in [-0.1, -0.05) is 20.8 Å². The molecular formula is C9H19N3OSi. The van der Waals surface area contributed by atoms with Gasteiger partial charge >= 0.3 is 6.01 Å². The first kappa shape index (κ1) is 11.2. The Morgan fingerprint density at radius 2 is 1.93 bits per heavy atom. The Bertz CT molecular complexity index is 314. The molecule has 1 heterocycles. The third-order valence-electron chi connectivity index (χ3n) is 2.82. The summed E-state index contributed by atoms with van der Waals surface area (Å²) in [6.45, 7) is 11.0. The number of rotatable bonds is 2. The highest BCUT2D eigenvalue weighted by Crippen LogP contribution is 2.36. The number of nitrogens with zero attached hydrogens (tertiary/aromatic N) is 3. The molecular weight excluding hydrogens is 194 g/mol. The van der Waals surface area contributed by atoms with Crippen LogP contribution in [0, 0.1) is 0 Å². The van der Waals surface area contributed by atoms with E-state index in [-0.39, 0.29) is 5.04 Å². The van der Waals surface area contributed by atoms with Crippen molar-refractivity contribution in [2.75, 3.05) is 0 Å². The van der Waals surface area contributed by atoms with Gasteiger partial charge in [0.15, 0.2) is 0 Å². The summed E-state index contributed by atoms with van der Waals surface area (Å²) >= 11 is 0. The molecule has 0 aromatic carbocycles. The summed E-state index contributed by atoms with van der Waals surface area (Å²) in [5, 5.41) is 4.18. The Kier molecular flexibility index (Phi) is 2.71. The third-order valence-corrected chi connectivity index (χ3v) is 7.13. The van der Waals surface area contributed by atoms with Crippen LogP contribution in [-0.2, 0) is 7.05 Å². The Morgan fingerprint density at radius 3 is 2.29 bits per heavy atom. The van der Waals surface area contributed by atoms with Gasteiger partial charge in [-0.2, -0.15) is 10.1 Å². The highest BCUT2D eigenvalue weighted by Gasteiger charge is 2.39. The van der Waals surface area contributed by atoms with Crippen molar-refractivity contribution < 1.29 is 4.43 Å². The quantitative estimate of drug-likeness (QED) is 0.707. The maximum Gasteiger partial charge on any atom is 0.300 e. The predicted octanol–water partition coefficient (Wildman–Crippen LogP) is 2.20. The Hall–Kier alpha value is -0.843. The lowest BCUT2D eigenvalue weighted by atomic mass is 10.2. The zero-order valence-electron chi connectivity index (χ0n) is 9.83. The molecule has 14 heavy (non-hydrogen) atoms. The largest absolute Gasteiger partial charge is 0.517 e. The van der Waals surface area contributed by atoms with Crippen LogP contribution >= 0.6 is 0 Å². The van der Waals surface area contributed by atoms with Gasteiger partial charge in [0.2, 0.25) is 0 Å². The molecule has 0 saturated carbocycles. The first-order valence-electron chi connectivity index (χ1n) is 4.77. The average Bonchev–Trinajstić information content (AvgIpc) is 2.33. The van der Waals surface area contributed by atoms with Crippen molar-refractivity contribution in [3.8, 4) is 6.01 Å². The fraction of sp³-hybridized carbons (Fsp3) is 0.778. The molecule has 0 bridgehead atoms. The summed E-state index contributed by atoms with van der Waals surface area (Å²) in [6, 6.07) is 0.622. The molecule has 0 atom stereocenters. The molecule has 0 amide bonds. The monoisotopic (exact) mass is 213 g/mol. The standard InChI is InChI=1S/C9H19N3OSi/c1-9(2,3)14(5,6)13-8-10-7-11-12(8)4/h7H,1-6H3. The Morgan fingerprint density at radius 1 is 1.36 bits per heavy atom. The summed E-state index contributed by atoms with van der Waals surface area (Å²) in [6.07, 6.45) is 1.52. The minimum Gasteiger partial charge on any atom is -0.517 e. The highest BCUT2D eigenvalue weighted by atomic mass is 28.4. The van der Waals surface area contributed by atoms with Crippen molar-refractivity contribution in [1.29, 1.82) is 0 Å². The lowest BCUT2D eigenvalue weighted by molar-refractivity contribution is 0.434. The van der Waals surface area contributed by atoms with Crippen molar-refractivity contribution in [1.82, 2.24) is 14.8 Å². The molecule has 0 aliphatic heterocycles. The highest BCUT2D eigenvalue weighted by molar-refractivity contribution is 6.74. The van der Waals surface area contributed by atoms with Crippen LogP contribution < -0.4 is 4.43 Å². The van der Waals surface area contributed by atoms with E-state index in [1.54, 1.807) is 4.68 Å². The van der Waals surface area contributed by atoms with Gasteiger partial charge in [-0.15, -0.1) is 0 Å². The molecule has 1 aromatic heterocycles. The van der Waals surface area contributed by atoms with E-state index in [4.69, 9.17) is 4.43 Å². The van der Waals surface area contributed by atoms with E-state index in [9.17, 15) is 0 Å². The van der Waals surface area contributed by atoms with Gasteiger partial charge in [0.25, 0.3) is 8.32 Å².